The number of aromatic nitrogens is 2. The van der Waals surface area contributed by atoms with Gasteiger partial charge in [0.15, 0.2) is 0 Å². The molecule has 0 spiro atoms. The van der Waals surface area contributed by atoms with Crippen molar-refractivity contribution >= 4 is 28.2 Å². The summed E-state index contributed by atoms with van der Waals surface area (Å²) in [6, 6.07) is 10.5. The highest BCUT2D eigenvalue weighted by molar-refractivity contribution is 6.09. The van der Waals surface area contributed by atoms with Crippen LogP contribution in [0.15, 0.2) is 42.6 Å². The van der Waals surface area contributed by atoms with Crippen LogP contribution in [-0.4, -0.2) is 23.2 Å². The number of hydrogen-bond acceptors (Lipinski definition) is 4. The second kappa shape index (κ2) is 5.16. The molecule has 2 aromatic carbocycles. The van der Waals surface area contributed by atoms with E-state index >= 15 is 0 Å². The first-order chi connectivity index (χ1) is 10.2. The molecule has 4 N–H and O–H groups in total. The Hall–Kier alpha value is -3.02. The lowest BCUT2D eigenvalue weighted by atomic mass is 10.1. The zero-order valence-corrected chi connectivity index (χ0v) is 11.4. The Morgan fingerprint density at radius 2 is 2.19 bits per heavy atom. The average molecular weight is 282 g/mol. The number of carbonyl (C=O) groups is 1. The van der Waals surface area contributed by atoms with Gasteiger partial charge in [0.2, 0.25) is 0 Å². The lowest BCUT2D eigenvalue weighted by Crippen LogP contribution is -2.12. The van der Waals surface area contributed by atoms with Crippen molar-refractivity contribution in [3.63, 3.8) is 0 Å². The number of nitrogen functional groups attached to an aromatic ring is 1. The number of carbonyl (C=O) groups excluding carboxylic acids is 1. The molecule has 0 aliphatic heterocycles. The maximum atomic E-state index is 12.3. The number of rotatable bonds is 3. The van der Waals surface area contributed by atoms with E-state index in [1.54, 1.807) is 24.4 Å². The molecule has 1 amide bonds. The molecule has 0 saturated carbocycles. The van der Waals surface area contributed by atoms with Crippen LogP contribution in [0.25, 0.3) is 10.9 Å². The van der Waals surface area contributed by atoms with Crippen LogP contribution in [0.5, 0.6) is 5.75 Å². The van der Waals surface area contributed by atoms with Gasteiger partial charge in [0.25, 0.3) is 5.91 Å². The lowest BCUT2D eigenvalue weighted by molar-refractivity contribution is 0.102. The topological polar surface area (TPSA) is 93.0 Å². The molecule has 0 bridgehead atoms. The fourth-order valence-electron chi connectivity index (χ4n) is 2.12. The van der Waals surface area contributed by atoms with Gasteiger partial charge in [-0.3, -0.25) is 9.89 Å². The molecule has 0 saturated heterocycles. The second-order valence-corrected chi connectivity index (χ2v) is 4.55. The first kappa shape index (κ1) is 13.0. The quantitative estimate of drug-likeness (QED) is 0.643. The van der Waals surface area contributed by atoms with Gasteiger partial charge in [-0.15, -0.1) is 0 Å². The molecule has 3 aromatic rings. The number of anilines is 2. The number of methoxy groups -OCH3 is 1. The number of benzene rings is 2. The molecule has 1 heterocycles. The van der Waals surface area contributed by atoms with Gasteiger partial charge in [-0.05, 0) is 30.3 Å². The van der Waals surface area contributed by atoms with E-state index in [4.69, 9.17) is 10.5 Å². The molecule has 0 aliphatic carbocycles. The van der Waals surface area contributed by atoms with Gasteiger partial charge in [-0.2, -0.15) is 5.10 Å². The van der Waals surface area contributed by atoms with Crippen LogP contribution < -0.4 is 15.8 Å². The van der Waals surface area contributed by atoms with E-state index in [-0.39, 0.29) is 5.91 Å². The maximum absolute atomic E-state index is 12.3. The van der Waals surface area contributed by atoms with Crippen molar-refractivity contribution in [2.45, 2.75) is 0 Å². The number of hydrogen-bond donors (Lipinski definition) is 3. The minimum absolute atomic E-state index is 0.234. The van der Waals surface area contributed by atoms with E-state index in [1.807, 2.05) is 18.2 Å². The maximum Gasteiger partial charge on any atom is 0.255 e. The van der Waals surface area contributed by atoms with E-state index in [0.29, 0.717) is 22.7 Å². The van der Waals surface area contributed by atoms with Gasteiger partial charge in [-0.25, -0.2) is 0 Å². The number of nitrogens with two attached hydrogens (primary N) is 1. The van der Waals surface area contributed by atoms with Crippen LogP contribution in [0.1, 0.15) is 10.4 Å². The number of nitrogens with one attached hydrogen (secondary N) is 2. The molecular weight excluding hydrogens is 268 g/mol. The van der Waals surface area contributed by atoms with Crippen LogP contribution in [-0.2, 0) is 0 Å². The SMILES string of the molecule is COc1cc(C(=O)Nc2cccc3[nH]ncc23)ccc1N. The van der Waals surface area contributed by atoms with Crippen molar-refractivity contribution in [3.8, 4) is 5.75 Å². The molecule has 0 radical (unpaired) electrons. The van der Waals surface area contributed by atoms with Crippen LogP contribution in [0, 0.1) is 0 Å². The molecule has 0 aliphatic rings. The number of aromatic amines is 1. The average Bonchev–Trinajstić information content (AvgIpc) is 2.97. The Morgan fingerprint density at radius 1 is 1.33 bits per heavy atom. The molecule has 0 unspecified atom stereocenters. The van der Waals surface area contributed by atoms with Gasteiger partial charge in [0.1, 0.15) is 5.75 Å². The molecule has 0 fully saturated rings. The van der Waals surface area contributed by atoms with Crippen LogP contribution in [0.3, 0.4) is 0 Å². The normalized spacial score (nSPS) is 10.5. The first-order valence-corrected chi connectivity index (χ1v) is 6.36. The van der Waals surface area contributed by atoms with Crippen LogP contribution >= 0.6 is 0 Å². The van der Waals surface area contributed by atoms with E-state index in [9.17, 15) is 4.79 Å². The van der Waals surface area contributed by atoms with E-state index in [0.717, 1.165) is 10.9 Å². The highest BCUT2D eigenvalue weighted by atomic mass is 16.5. The fraction of sp³-hybridized carbons (Fsp3) is 0.0667. The summed E-state index contributed by atoms with van der Waals surface area (Å²) in [7, 11) is 1.51. The first-order valence-electron chi connectivity index (χ1n) is 6.36. The minimum atomic E-state index is -0.234. The number of ether oxygens (including phenoxy) is 1. The third kappa shape index (κ3) is 2.38. The van der Waals surface area contributed by atoms with Crippen molar-refractivity contribution < 1.29 is 9.53 Å². The van der Waals surface area contributed by atoms with Crippen molar-refractivity contribution in [1.29, 1.82) is 0 Å². The summed E-state index contributed by atoms with van der Waals surface area (Å²) in [5.74, 6) is 0.242. The fourth-order valence-corrected chi connectivity index (χ4v) is 2.12. The summed E-state index contributed by atoms with van der Waals surface area (Å²) >= 11 is 0. The number of nitrogens with zero attached hydrogens (tertiary/aromatic N) is 1. The molecule has 21 heavy (non-hydrogen) atoms. The summed E-state index contributed by atoms with van der Waals surface area (Å²) < 4.78 is 5.12. The smallest absolute Gasteiger partial charge is 0.255 e. The van der Waals surface area contributed by atoms with Gasteiger partial charge < -0.3 is 15.8 Å². The van der Waals surface area contributed by atoms with E-state index in [2.05, 4.69) is 15.5 Å². The standard InChI is InChI=1S/C15H14N4O2/c1-21-14-7-9(5-6-11(14)16)15(20)18-12-3-2-4-13-10(12)8-17-19-13/h2-8H,16H2,1H3,(H,17,19)(H,18,20). The predicted octanol–water partition coefficient (Wildman–Crippen LogP) is 2.41. The lowest BCUT2D eigenvalue weighted by Gasteiger charge is -2.09. The Kier molecular flexibility index (Phi) is 3.19. The third-order valence-electron chi connectivity index (χ3n) is 3.23. The van der Waals surface area contributed by atoms with Crippen LogP contribution in [0.4, 0.5) is 11.4 Å². The minimum Gasteiger partial charge on any atom is -0.495 e. The zero-order valence-electron chi connectivity index (χ0n) is 11.4. The highest BCUT2D eigenvalue weighted by Crippen LogP contribution is 2.24. The summed E-state index contributed by atoms with van der Waals surface area (Å²) in [5, 5.41) is 10.5. The molecule has 6 heteroatoms. The van der Waals surface area contributed by atoms with Crippen molar-refractivity contribution in [2.24, 2.45) is 0 Å². The Balaban J connectivity index is 1.91. The molecule has 0 atom stereocenters. The summed E-state index contributed by atoms with van der Waals surface area (Å²) in [4.78, 5) is 12.3. The Morgan fingerprint density at radius 3 is 3.00 bits per heavy atom. The molecular formula is C15H14N4O2. The third-order valence-corrected chi connectivity index (χ3v) is 3.23. The molecule has 3 rings (SSSR count). The second-order valence-electron chi connectivity index (χ2n) is 4.55. The number of H-pyrrole nitrogens is 1. The van der Waals surface area contributed by atoms with Gasteiger partial charge in [0.05, 0.1) is 30.2 Å². The summed E-state index contributed by atoms with van der Waals surface area (Å²) in [6.07, 6.45) is 1.68. The Bertz CT molecular complexity index is 810. The number of fused-ring (bicyclic) bond motifs is 1. The van der Waals surface area contributed by atoms with Gasteiger partial charge in [0, 0.05) is 10.9 Å². The van der Waals surface area contributed by atoms with Crippen molar-refractivity contribution in [1.82, 2.24) is 10.2 Å². The molecule has 106 valence electrons. The summed E-state index contributed by atoms with van der Waals surface area (Å²) in [5.41, 5.74) is 8.27. The van der Waals surface area contributed by atoms with Gasteiger partial charge >= 0.3 is 0 Å². The summed E-state index contributed by atoms with van der Waals surface area (Å²) in [6.45, 7) is 0. The van der Waals surface area contributed by atoms with Crippen LogP contribution in [0.2, 0.25) is 0 Å². The predicted molar refractivity (Wildman–Crippen MR) is 81.5 cm³/mol. The number of amides is 1. The zero-order chi connectivity index (χ0) is 14.8. The highest BCUT2D eigenvalue weighted by Gasteiger charge is 2.11. The monoisotopic (exact) mass is 282 g/mol. The largest absolute Gasteiger partial charge is 0.495 e. The Labute approximate surface area is 120 Å². The molecule has 6 nitrogen and oxygen atoms in total. The van der Waals surface area contributed by atoms with E-state index in [1.165, 1.54) is 7.11 Å². The van der Waals surface area contributed by atoms with Gasteiger partial charge in [-0.1, -0.05) is 6.07 Å². The molecule has 1 aromatic heterocycles. The van der Waals surface area contributed by atoms with Crippen molar-refractivity contribution in [2.75, 3.05) is 18.2 Å². The van der Waals surface area contributed by atoms with Crippen molar-refractivity contribution in [3.05, 3.63) is 48.2 Å². The van der Waals surface area contributed by atoms with E-state index < -0.39 is 0 Å².